The topological polar surface area (TPSA) is 213 Å². The van der Waals surface area contributed by atoms with Gasteiger partial charge in [-0.15, -0.1) is 0 Å². The minimum absolute atomic E-state index is 0.111. The highest BCUT2D eigenvalue weighted by atomic mass is 16.4. The number of pyridine rings is 4. The molecule has 19 nitrogen and oxygen atoms in total. The summed E-state index contributed by atoms with van der Waals surface area (Å²) in [7, 11) is 7.27. The van der Waals surface area contributed by atoms with Crippen molar-refractivity contribution in [3.63, 3.8) is 0 Å². The lowest BCUT2D eigenvalue weighted by Gasteiger charge is -2.29. The zero-order chi connectivity index (χ0) is 52.2. The molecule has 2 aliphatic heterocycles. The number of nitrogens with zero attached hydrogens (tertiary/aromatic N) is 13. The molecule has 4 aliphatic rings. The zero-order valence-corrected chi connectivity index (χ0v) is 44.1. The number of fused-ring (bicyclic) bond motifs is 8. The van der Waals surface area contributed by atoms with E-state index < -0.39 is 5.97 Å². The third kappa shape index (κ3) is 11.7. The first kappa shape index (κ1) is 51.3. The molecule has 75 heavy (non-hydrogen) atoms. The summed E-state index contributed by atoms with van der Waals surface area (Å²) in [6, 6.07) is 13.2. The monoisotopic (exact) mass is 1010 g/mol. The summed E-state index contributed by atoms with van der Waals surface area (Å²) >= 11 is 0. The molecule has 12 rings (SSSR count). The van der Waals surface area contributed by atoms with Gasteiger partial charge in [0, 0.05) is 109 Å². The molecule has 8 aromatic rings. The number of carbonyl (C=O) groups excluding carboxylic acids is 1. The Morgan fingerprint density at radius 3 is 1.63 bits per heavy atom. The van der Waals surface area contributed by atoms with Gasteiger partial charge in [0.05, 0.1) is 36.5 Å². The minimum Gasteiger partial charge on any atom is -0.480 e. The molecule has 392 valence electrons. The third-order valence-electron chi connectivity index (χ3n) is 15.1. The van der Waals surface area contributed by atoms with E-state index in [4.69, 9.17) is 25.0 Å². The summed E-state index contributed by atoms with van der Waals surface area (Å²) < 4.78 is 4.79. The second-order valence-corrected chi connectivity index (χ2v) is 21.4. The molecule has 2 saturated carbocycles. The summed E-state index contributed by atoms with van der Waals surface area (Å²) in [6.45, 7) is 8.39. The van der Waals surface area contributed by atoms with Crippen molar-refractivity contribution in [1.82, 2.24) is 69.0 Å². The first-order chi connectivity index (χ1) is 36.3. The number of carboxylic acids is 1. The average Bonchev–Trinajstić information content (AvgIpc) is 3.92. The van der Waals surface area contributed by atoms with Gasteiger partial charge in [0.2, 0.25) is 17.8 Å². The Kier molecular flexibility index (Phi) is 15.5. The van der Waals surface area contributed by atoms with Crippen molar-refractivity contribution >= 4 is 79.3 Å². The molecule has 1 amide bonds. The maximum Gasteiger partial charge on any atom is 0.317 e. The standard InChI is InChI=1S/C28H34N8O.C24H27N7.C4H9NO2/c1-18-4-7-20(8-5-18)36-24-15-29-12-10-21(24)22-14-30-28(33-27(22)36)32-25-9-6-19-16-35(13-11-23(19)31-25)26(37)17-34(2)3;1-15-2-5-17(6-3-15)31-21-14-26-10-8-18(21)19-13-27-24(30-23(19)31)29-22-7-4-16-12-25-11-9-20(16)28-22;1-5(2)3-4(6)7/h6,9-10,12,14-15,18,20H,4-5,7-8,11,13,16-17H2,1-3H3,(H,30,31,32,33);4,7-8,10,13-15,17,25H,2-3,5-6,9,11-12H2,1H3,(H,27,28,29,30);3H2,1-2H3,(H,6,7). The molecule has 2 fully saturated rings. The Balaban J connectivity index is 0.000000154. The van der Waals surface area contributed by atoms with Gasteiger partial charge in [-0.05, 0) is 127 Å². The van der Waals surface area contributed by atoms with Crippen LogP contribution in [0.25, 0.3) is 43.9 Å². The number of amides is 1. The van der Waals surface area contributed by atoms with Crippen LogP contribution in [0.5, 0.6) is 0 Å². The van der Waals surface area contributed by atoms with E-state index in [-0.39, 0.29) is 12.5 Å². The van der Waals surface area contributed by atoms with Crippen LogP contribution in [0.2, 0.25) is 0 Å². The number of likely N-dealkylation sites (N-methyl/N-ethyl adjacent to an activating group) is 2. The SMILES string of the molecule is CC1CCC(n2c3cnccc3c3cnc(Nc4ccc5c(n4)CCN(C(=O)CN(C)C)C5)nc32)CC1.CC1CCC(n2c3cnccc3c3cnc(Nc4ccc5c(n4)CCNC5)nc32)CC1.CN(C)CC(=O)O. The molecule has 8 aromatic heterocycles. The lowest BCUT2D eigenvalue weighted by Crippen LogP contribution is -2.41. The van der Waals surface area contributed by atoms with Crippen LogP contribution in [0, 0.1) is 11.8 Å². The van der Waals surface area contributed by atoms with Crippen LogP contribution >= 0.6 is 0 Å². The lowest BCUT2D eigenvalue weighted by atomic mass is 9.87. The van der Waals surface area contributed by atoms with Gasteiger partial charge < -0.3 is 40.0 Å². The third-order valence-corrected chi connectivity index (χ3v) is 15.1. The Morgan fingerprint density at radius 1 is 0.627 bits per heavy atom. The van der Waals surface area contributed by atoms with Crippen LogP contribution < -0.4 is 16.0 Å². The summed E-state index contributed by atoms with van der Waals surface area (Å²) in [4.78, 5) is 65.4. The highest BCUT2D eigenvalue weighted by molar-refractivity contribution is 6.07. The summed E-state index contributed by atoms with van der Waals surface area (Å²) in [5.41, 5.74) is 8.77. The summed E-state index contributed by atoms with van der Waals surface area (Å²) in [5, 5.41) is 22.6. The largest absolute Gasteiger partial charge is 0.480 e. The van der Waals surface area contributed by atoms with E-state index in [9.17, 15) is 9.59 Å². The predicted octanol–water partition coefficient (Wildman–Crippen LogP) is 8.46. The predicted molar refractivity (Wildman–Crippen MR) is 293 cm³/mol. The second-order valence-electron chi connectivity index (χ2n) is 21.4. The van der Waals surface area contributed by atoms with E-state index >= 15 is 0 Å². The smallest absolute Gasteiger partial charge is 0.317 e. The van der Waals surface area contributed by atoms with Crippen LogP contribution in [-0.2, 0) is 35.5 Å². The van der Waals surface area contributed by atoms with Crippen LogP contribution in [0.1, 0.15) is 99.8 Å². The average molecular weight is 1020 g/mol. The number of rotatable bonds is 10. The fourth-order valence-electron chi connectivity index (χ4n) is 11.2. The van der Waals surface area contributed by atoms with Gasteiger partial charge in [0.25, 0.3) is 0 Å². The van der Waals surface area contributed by atoms with Crippen molar-refractivity contribution in [2.75, 3.05) is 65.0 Å². The van der Waals surface area contributed by atoms with Gasteiger partial charge in [-0.3, -0.25) is 24.5 Å². The fraction of sp³-hybridized carbons (Fsp3) is 0.464. The van der Waals surface area contributed by atoms with Gasteiger partial charge in [-0.1, -0.05) is 26.0 Å². The van der Waals surface area contributed by atoms with Crippen LogP contribution in [0.4, 0.5) is 23.5 Å². The van der Waals surface area contributed by atoms with Crippen molar-refractivity contribution < 1.29 is 14.7 Å². The molecule has 10 heterocycles. The molecular formula is C56H70N16O3. The van der Waals surface area contributed by atoms with Crippen LogP contribution in [-0.4, -0.2) is 135 Å². The first-order valence-electron chi connectivity index (χ1n) is 26.6. The first-order valence-corrected chi connectivity index (χ1v) is 26.6. The molecule has 0 bridgehead atoms. The molecular weight excluding hydrogens is 945 g/mol. The number of carboxylic acid groups (broad SMARTS) is 1. The van der Waals surface area contributed by atoms with Crippen LogP contribution in [0.15, 0.2) is 73.6 Å². The highest BCUT2D eigenvalue weighted by Gasteiger charge is 2.27. The van der Waals surface area contributed by atoms with Crippen molar-refractivity contribution in [3.8, 4) is 0 Å². The van der Waals surface area contributed by atoms with Gasteiger partial charge in [0.1, 0.15) is 22.9 Å². The zero-order valence-electron chi connectivity index (χ0n) is 44.1. The fourth-order valence-corrected chi connectivity index (χ4v) is 11.2. The molecule has 0 spiro atoms. The van der Waals surface area contributed by atoms with E-state index in [1.54, 1.807) is 19.0 Å². The maximum atomic E-state index is 12.5. The van der Waals surface area contributed by atoms with Gasteiger partial charge in [-0.25, -0.2) is 19.9 Å². The Hall–Kier alpha value is -7.22. The van der Waals surface area contributed by atoms with E-state index in [2.05, 4.69) is 83.1 Å². The normalized spacial score (nSPS) is 19.5. The number of hydrogen-bond acceptors (Lipinski definition) is 15. The molecule has 2 aliphatic carbocycles. The van der Waals surface area contributed by atoms with E-state index in [0.29, 0.717) is 43.6 Å². The van der Waals surface area contributed by atoms with Crippen molar-refractivity contribution in [1.29, 1.82) is 0 Å². The Labute approximate surface area is 437 Å². The number of anilines is 4. The molecule has 0 saturated heterocycles. The molecule has 0 radical (unpaired) electrons. The maximum absolute atomic E-state index is 12.5. The lowest BCUT2D eigenvalue weighted by molar-refractivity contribution is -0.137. The number of carbonyl (C=O) groups is 2. The molecule has 19 heteroatoms. The number of nitrogens with one attached hydrogen (secondary N) is 3. The highest BCUT2D eigenvalue weighted by Crippen LogP contribution is 2.40. The molecule has 0 atom stereocenters. The van der Waals surface area contributed by atoms with E-state index in [1.807, 2.05) is 73.2 Å². The second kappa shape index (κ2) is 22.7. The van der Waals surface area contributed by atoms with Crippen molar-refractivity contribution in [2.24, 2.45) is 11.8 Å². The summed E-state index contributed by atoms with van der Waals surface area (Å²) in [5.74, 6) is 3.61. The van der Waals surface area contributed by atoms with E-state index in [1.165, 1.54) is 49.5 Å². The number of aliphatic carboxylic acids is 1. The quantitative estimate of drug-likeness (QED) is 0.101. The summed E-state index contributed by atoms with van der Waals surface area (Å²) in [6.07, 6.45) is 22.8. The van der Waals surface area contributed by atoms with Crippen molar-refractivity contribution in [3.05, 3.63) is 96.1 Å². The van der Waals surface area contributed by atoms with Gasteiger partial charge in [-0.2, -0.15) is 9.97 Å². The Bertz CT molecular complexity index is 3320. The molecule has 0 aromatic carbocycles. The van der Waals surface area contributed by atoms with Gasteiger partial charge in [0.15, 0.2) is 0 Å². The minimum atomic E-state index is -0.787. The Morgan fingerprint density at radius 2 is 1.13 bits per heavy atom. The van der Waals surface area contributed by atoms with Gasteiger partial charge >= 0.3 is 5.97 Å². The number of hydrogen-bond donors (Lipinski definition) is 4. The molecule has 4 N–H and O–H groups in total. The molecule has 0 unspecified atom stereocenters. The van der Waals surface area contributed by atoms with Crippen molar-refractivity contribution in [2.45, 2.75) is 103 Å². The van der Waals surface area contributed by atoms with Crippen LogP contribution in [0.3, 0.4) is 0 Å². The van der Waals surface area contributed by atoms with E-state index in [0.717, 1.165) is 118 Å². The number of aromatic nitrogens is 10.